The Morgan fingerprint density at radius 3 is 1.29 bits per heavy atom. The van der Waals surface area contributed by atoms with Crippen LogP contribution in [0, 0.1) is 0 Å². The molecule has 24 heavy (non-hydrogen) atoms. The van der Waals surface area contributed by atoms with Crippen LogP contribution in [0.25, 0.3) is 0 Å². The summed E-state index contributed by atoms with van der Waals surface area (Å²) >= 11 is 0. The molecular weight excluding hydrogens is 308 g/mol. The van der Waals surface area contributed by atoms with E-state index in [2.05, 4.69) is 18.2 Å². The summed E-state index contributed by atoms with van der Waals surface area (Å²) < 4.78 is 6.46. The molecule has 3 rings (SSSR count). The average molecular weight is 345 g/mol. The maximum Gasteiger partial charge on any atom is 0.204 e. The quantitative estimate of drug-likeness (QED) is 0.354. The molecular formula is C22H36OSi. The van der Waals surface area contributed by atoms with Crippen molar-refractivity contribution in [1.29, 1.82) is 0 Å². The van der Waals surface area contributed by atoms with E-state index >= 15 is 0 Å². The second-order valence-corrected chi connectivity index (χ2v) is 12.1. The van der Waals surface area contributed by atoms with Crippen molar-refractivity contribution in [3.63, 3.8) is 0 Å². The lowest BCUT2D eigenvalue weighted by Crippen LogP contribution is -2.39. The Bertz CT molecular complexity index is 431. The van der Waals surface area contributed by atoms with Crippen LogP contribution >= 0.6 is 0 Å². The molecule has 0 aromatic heterocycles. The van der Waals surface area contributed by atoms with Crippen LogP contribution in [0.3, 0.4) is 0 Å². The highest BCUT2D eigenvalue weighted by molar-refractivity contribution is 6.75. The lowest BCUT2D eigenvalue weighted by atomic mass is 10.0. The second-order valence-electron chi connectivity index (χ2n) is 8.24. The SMILES string of the molecule is CO[Si](CC1=CCCCC1)(CC1=CCCCC1)CC1=CCCCC1. The lowest BCUT2D eigenvalue weighted by molar-refractivity contribution is 0.393. The zero-order valence-corrected chi connectivity index (χ0v) is 16.7. The van der Waals surface area contributed by atoms with E-state index in [0.717, 1.165) is 0 Å². The first-order valence-corrected chi connectivity index (χ1v) is 12.9. The van der Waals surface area contributed by atoms with E-state index in [0.29, 0.717) is 0 Å². The van der Waals surface area contributed by atoms with Gasteiger partial charge in [-0.15, -0.1) is 0 Å². The molecule has 0 amide bonds. The third-order valence-electron chi connectivity index (χ3n) is 6.24. The molecule has 0 aliphatic heterocycles. The van der Waals surface area contributed by atoms with Gasteiger partial charge in [0.05, 0.1) is 0 Å². The largest absolute Gasteiger partial charge is 0.419 e. The van der Waals surface area contributed by atoms with E-state index in [9.17, 15) is 0 Å². The summed E-state index contributed by atoms with van der Waals surface area (Å²) in [5.74, 6) is 0. The lowest BCUT2D eigenvalue weighted by Gasteiger charge is -2.35. The fraction of sp³-hybridized carbons (Fsp3) is 0.727. The van der Waals surface area contributed by atoms with Crippen molar-refractivity contribution in [3.8, 4) is 0 Å². The first kappa shape index (κ1) is 18.2. The molecule has 0 heterocycles. The molecule has 0 aromatic carbocycles. The maximum absolute atomic E-state index is 6.46. The number of hydrogen-bond donors (Lipinski definition) is 0. The molecule has 3 aliphatic carbocycles. The maximum atomic E-state index is 6.46. The Kier molecular flexibility index (Phi) is 6.97. The van der Waals surface area contributed by atoms with Gasteiger partial charge in [-0.05, 0) is 95.2 Å². The topological polar surface area (TPSA) is 9.23 Å². The third kappa shape index (κ3) is 5.19. The van der Waals surface area contributed by atoms with Crippen molar-refractivity contribution in [2.45, 2.75) is 95.2 Å². The fourth-order valence-electron chi connectivity index (χ4n) is 4.84. The molecule has 0 saturated heterocycles. The Balaban J connectivity index is 1.77. The van der Waals surface area contributed by atoms with Gasteiger partial charge in [-0.3, -0.25) is 0 Å². The standard InChI is InChI=1S/C22H36OSi/c1-23-24(17-20-11-5-2-6-12-20,18-21-13-7-3-8-14-21)19-22-15-9-4-10-16-22/h11,13,15H,2-10,12,14,16-19H2,1H3. The van der Waals surface area contributed by atoms with Crippen molar-refractivity contribution >= 4 is 8.32 Å². The summed E-state index contributed by atoms with van der Waals surface area (Å²) in [6.07, 6.45) is 23.9. The van der Waals surface area contributed by atoms with Crippen molar-refractivity contribution in [3.05, 3.63) is 34.9 Å². The zero-order valence-electron chi connectivity index (χ0n) is 15.7. The molecule has 0 N–H and O–H groups in total. The minimum Gasteiger partial charge on any atom is -0.419 e. The van der Waals surface area contributed by atoms with E-state index in [4.69, 9.17) is 4.43 Å². The molecule has 0 atom stereocenters. The summed E-state index contributed by atoms with van der Waals surface area (Å²) in [5.41, 5.74) is 5.17. The predicted octanol–water partition coefficient (Wildman–Crippen LogP) is 7.08. The zero-order chi connectivity index (χ0) is 16.7. The molecule has 2 heteroatoms. The van der Waals surface area contributed by atoms with E-state index in [1.54, 1.807) is 16.7 Å². The van der Waals surface area contributed by atoms with E-state index in [-0.39, 0.29) is 0 Å². The van der Waals surface area contributed by atoms with Crippen LogP contribution in [0.4, 0.5) is 0 Å². The van der Waals surface area contributed by atoms with Crippen LogP contribution in [0.1, 0.15) is 77.0 Å². The van der Waals surface area contributed by atoms with E-state index < -0.39 is 8.32 Å². The first-order chi connectivity index (χ1) is 11.8. The minimum atomic E-state index is -1.74. The Labute approximate surface area is 150 Å². The van der Waals surface area contributed by atoms with Crippen molar-refractivity contribution in [1.82, 2.24) is 0 Å². The molecule has 0 bridgehead atoms. The summed E-state index contributed by atoms with van der Waals surface area (Å²) in [6, 6.07) is 3.87. The summed E-state index contributed by atoms with van der Waals surface area (Å²) in [4.78, 5) is 0. The molecule has 0 fully saturated rings. The van der Waals surface area contributed by atoms with Crippen LogP contribution in [0.2, 0.25) is 18.1 Å². The normalized spacial score (nSPS) is 22.6. The van der Waals surface area contributed by atoms with Crippen LogP contribution in [-0.4, -0.2) is 15.4 Å². The van der Waals surface area contributed by atoms with Crippen LogP contribution in [-0.2, 0) is 4.43 Å². The number of rotatable bonds is 7. The molecule has 3 aliphatic rings. The molecule has 0 aromatic rings. The van der Waals surface area contributed by atoms with Gasteiger partial charge in [-0.25, -0.2) is 0 Å². The van der Waals surface area contributed by atoms with Gasteiger partial charge in [0.2, 0.25) is 8.32 Å². The Morgan fingerprint density at radius 1 is 0.667 bits per heavy atom. The Morgan fingerprint density at radius 2 is 1.04 bits per heavy atom. The first-order valence-electron chi connectivity index (χ1n) is 10.4. The molecule has 0 saturated carbocycles. The predicted molar refractivity (Wildman–Crippen MR) is 107 cm³/mol. The van der Waals surface area contributed by atoms with Crippen molar-refractivity contribution < 1.29 is 4.43 Å². The average Bonchev–Trinajstić information content (AvgIpc) is 2.64. The smallest absolute Gasteiger partial charge is 0.204 e. The van der Waals surface area contributed by atoms with Gasteiger partial charge >= 0.3 is 0 Å². The fourth-order valence-corrected chi connectivity index (χ4v) is 9.10. The Hall–Kier alpha value is -0.603. The summed E-state index contributed by atoms with van der Waals surface area (Å²) in [6.45, 7) is 0. The van der Waals surface area contributed by atoms with Gasteiger partial charge in [0, 0.05) is 7.11 Å². The van der Waals surface area contributed by atoms with Gasteiger partial charge in [-0.1, -0.05) is 34.9 Å². The van der Waals surface area contributed by atoms with Crippen LogP contribution in [0.15, 0.2) is 34.9 Å². The van der Waals surface area contributed by atoms with Gasteiger partial charge < -0.3 is 4.43 Å². The van der Waals surface area contributed by atoms with Gasteiger partial charge in [0.15, 0.2) is 0 Å². The second kappa shape index (κ2) is 9.19. The van der Waals surface area contributed by atoms with Crippen molar-refractivity contribution in [2.24, 2.45) is 0 Å². The monoisotopic (exact) mass is 344 g/mol. The number of hydrogen-bond acceptors (Lipinski definition) is 1. The summed E-state index contributed by atoms with van der Waals surface area (Å²) in [5, 5.41) is 0. The van der Waals surface area contributed by atoms with E-state index in [1.807, 2.05) is 7.11 Å². The summed E-state index contributed by atoms with van der Waals surface area (Å²) in [7, 11) is 0.294. The molecule has 0 unspecified atom stereocenters. The molecule has 1 nitrogen and oxygen atoms in total. The van der Waals surface area contributed by atoms with E-state index in [1.165, 1.54) is 95.2 Å². The highest BCUT2D eigenvalue weighted by atomic mass is 28.4. The highest BCUT2D eigenvalue weighted by Gasteiger charge is 2.37. The number of allylic oxidation sites excluding steroid dienone is 6. The molecule has 0 radical (unpaired) electrons. The van der Waals surface area contributed by atoms with Crippen molar-refractivity contribution in [2.75, 3.05) is 7.11 Å². The van der Waals surface area contributed by atoms with Crippen LogP contribution in [0.5, 0.6) is 0 Å². The van der Waals surface area contributed by atoms with Gasteiger partial charge in [-0.2, -0.15) is 0 Å². The third-order valence-corrected chi connectivity index (χ3v) is 10.4. The van der Waals surface area contributed by atoms with Gasteiger partial charge in [0.25, 0.3) is 0 Å². The molecule has 134 valence electrons. The highest BCUT2D eigenvalue weighted by Crippen LogP contribution is 2.39. The van der Waals surface area contributed by atoms with Gasteiger partial charge in [0.1, 0.15) is 0 Å². The molecule has 0 spiro atoms. The van der Waals surface area contributed by atoms with Crippen LogP contribution < -0.4 is 0 Å². The minimum absolute atomic E-state index is 1.29.